The summed E-state index contributed by atoms with van der Waals surface area (Å²) < 4.78 is 5.45. The van der Waals surface area contributed by atoms with Crippen LogP contribution >= 0.6 is 0 Å². The molecule has 3 nitrogen and oxygen atoms in total. The lowest BCUT2D eigenvalue weighted by molar-refractivity contribution is 0.287. The van der Waals surface area contributed by atoms with Crippen molar-refractivity contribution in [2.24, 2.45) is 0 Å². The maximum atomic E-state index is 5.45. The van der Waals surface area contributed by atoms with Gasteiger partial charge >= 0.3 is 0 Å². The van der Waals surface area contributed by atoms with Crippen molar-refractivity contribution in [1.82, 2.24) is 10.2 Å². The van der Waals surface area contributed by atoms with Crippen LogP contribution in [0.4, 0.5) is 0 Å². The number of benzene rings is 1. The summed E-state index contributed by atoms with van der Waals surface area (Å²) in [6.45, 7) is 5.26. The van der Waals surface area contributed by atoms with E-state index in [0.29, 0.717) is 6.04 Å². The maximum Gasteiger partial charge on any atom is 0.124 e. The molecular formula is C16H26N2O. The molecule has 0 bridgehead atoms. The van der Waals surface area contributed by atoms with E-state index in [9.17, 15) is 0 Å². The van der Waals surface area contributed by atoms with Gasteiger partial charge in [0.15, 0.2) is 0 Å². The standard InChI is InChI=1S/C16H26N2O/c1-11-8-13(9-12(2)16(11)19-5)15(18(3)4)10-17-14-6-7-14/h8-9,14-15,17H,6-7,10H2,1-5H3. The number of methoxy groups -OCH3 is 1. The van der Waals surface area contributed by atoms with Crippen LogP contribution in [0.25, 0.3) is 0 Å². The van der Waals surface area contributed by atoms with Gasteiger partial charge in [0, 0.05) is 18.6 Å². The van der Waals surface area contributed by atoms with Gasteiger partial charge in [-0.15, -0.1) is 0 Å². The quantitative estimate of drug-likeness (QED) is 0.853. The van der Waals surface area contributed by atoms with Crippen molar-refractivity contribution in [1.29, 1.82) is 0 Å². The van der Waals surface area contributed by atoms with E-state index in [2.05, 4.69) is 50.3 Å². The minimum atomic E-state index is 0.420. The molecule has 0 amide bonds. The minimum Gasteiger partial charge on any atom is -0.496 e. The smallest absolute Gasteiger partial charge is 0.124 e. The van der Waals surface area contributed by atoms with E-state index in [1.54, 1.807) is 7.11 Å². The highest BCUT2D eigenvalue weighted by molar-refractivity contribution is 5.44. The molecule has 2 rings (SSSR count). The third-order valence-corrected chi connectivity index (χ3v) is 3.87. The Morgan fingerprint density at radius 2 is 1.84 bits per heavy atom. The molecule has 0 radical (unpaired) electrons. The Kier molecular flexibility index (Phi) is 4.48. The number of aryl methyl sites for hydroxylation is 2. The van der Waals surface area contributed by atoms with Gasteiger partial charge < -0.3 is 15.0 Å². The van der Waals surface area contributed by atoms with Gasteiger partial charge in [-0.2, -0.15) is 0 Å². The van der Waals surface area contributed by atoms with Gasteiger partial charge in [0.25, 0.3) is 0 Å². The molecule has 1 N–H and O–H groups in total. The molecule has 0 spiro atoms. The van der Waals surface area contributed by atoms with Crippen LogP contribution in [0.2, 0.25) is 0 Å². The molecule has 0 aromatic heterocycles. The molecule has 1 saturated carbocycles. The predicted molar refractivity (Wildman–Crippen MR) is 79.9 cm³/mol. The second-order valence-electron chi connectivity index (χ2n) is 5.85. The zero-order valence-electron chi connectivity index (χ0n) is 12.8. The first-order chi connectivity index (χ1) is 9.02. The topological polar surface area (TPSA) is 24.5 Å². The summed E-state index contributed by atoms with van der Waals surface area (Å²) >= 11 is 0. The molecule has 1 aliphatic carbocycles. The minimum absolute atomic E-state index is 0.420. The fraction of sp³-hybridized carbons (Fsp3) is 0.625. The average molecular weight is 262 g/mol. The van der Waals surface area contributed by atoms with Crippen LogP contribution in [-0.4, -0.2) is 38.7 Å². The van der Waals surface area contributed by atoms with Crippen molar-refractivity contribution in [3.63, 3.8) is 0 Å². The van der Waals surface area contributed by atoms with Crippen molar-refractivity contribution >= 4 is 0 Å². The first kappa shape index (κ1) is 14.4. The average Bonchev–Trinajstić information content (AvgIpc) is 3.12. The zero-order chi connectivity index (χ0) is 14.0. The molecule has 3 heteroatoms. The first-order valence-corrected chi connectivity index (χ1v) is 7.08. The predicted octanol–water partition coefficient (Wildman–Crippen LogP) is 2.67. The summed E-state index contributed by atoms with van der Waals surface area (Å²) in [5, 5.41) is 3.63. The Hall–Kier alpha value is -1.06. The van der Waals surface area contributed by atoms with Crippen LogP contribution in [0.3, 0.4) is 0 Å². The molecule has 0 saturated heterocycles. The summed E-state index contributed by atoms with van der Waals surface area (Å²) in [5.41, 5.74) is 3.81. The van der Waals surface area contributed by atoms with Gasteiger partial charge in [0.1, 0.15) is 5.75 Å². The molecule has 1 atom stereocenters. The second kappa shape index (κ2) is 5.93. The lowest BCUT2D eigenvalue weighted by Gasteiger charge is -2.26. The van der Waals surface area contributed by atoms with Crippen molar-refractivity contribution < 1.29 is 4.74 Å². The van der Waals surface area contributed by atoms with Crippen LogP contribution in [0.5, 0.6) is 5.75 Å². The van der Waals surface area contributed by atoms with E-state index in [1.165, 1.54) is 29.5 Å². The highest BCUT2D eigenvalue weighted by Gasteiger charge is 2.23. The van der Waals surface area contributed by atoms with Crippen LogP contribution in [0.15, 0.2) is 12.1 Å². The van der Waals surface area contributed by atoms with Crippen LogP contribution in [-0.2, 0) is 0 Å². The Morgan fingerprint density at radius 3 is 2.26 bits per heavy atom. The van der Waals surface area contributed by atoms with Gasteiger partial charge in [0.05, 0.1) is 7.11 Å². The molecule has 1 unspecified atom stereocenters. The lowest BCUT2D eigenvalue weighted by Crippen LogP contribution is -2.32. The van der Waals surface area contributed by atoms with E-state index in [4.69, 9.17) is 4.74 Å². The Morgan fingerprint density at radius 1 is 1.26 bits per heavy atom. The monoisotopic (exact) mass is 262 g/mol. The fourth-order valence-electron chi connectivity index (χ4n) is 2.66. The lowest BCUT2D eigenvalue weighted by atomic mass is 9.99. The third kappa shape index (κ3) is 3.48. The molecule has 106 valence electrons. The number of ether oxygens (including phenoxy) is 1. The maximum absolute atomic E-state index is 5.45. The molecular weight excluding hydrogens is 236 g/mol. The molecule has 1 aromatic rings. The van der Waals surface area contributed by atoms with E-state index in [-0.39, 0.29) is 0 Å². The van der Waals surface area contributed by atoms with Crippen LogP contribution in [0.1, 0.15) is 35.6 Å². The summed E-state index contributed by atoms with van der Waals surface area (Å²) in [5.74, 6) is 1.01. The number of hydrogen-bond donors (Lipinski definition) is 1. The van der Waals surface area contributed by atoms with Crippen molar-refractivity contribution in [3.8, 4) is 5.75 Å². The van der Waals surface area contributed by atoms with Crippen molar-refractivity contribution in [2.45, 2.75) is 38.8 Å². The van der Waals surface area contributed by atoms with Gasteiger partial charge in [-0.3, -0.25) is 0 Å². The largest absolute Gasteiger partial charge is 0.496 e. The molecule has 0 aliphatic heterocycles. The Bertz CT molecular complexity index is 415. The number of hydrogen-bond acceptors (Lipinski definition) is 3. The number of nitrogens with one attached hydrogen (secondary N) is 1. The third-order valence-electron chi connectivity index (χ3n) is 3.87. The van der Waals surface area contributed by atoms with E-state index < -0.39 is 0 Å². The summed E-state index contributed by atoms with van der Waals surface area (Å²) in [4.78, 5) is 2.29. The number of rotatable bonds is 6. The normalized spacial score (nSPS) is 16.7. The number of likely N-dealkylation sites (N-methyl/N-ethyl adjacent to an activating group) is 1. The molecule has 1 aromatic carbocycles. The highest BCUT2D eigenvalue weighted by Crippen LogP contribution is 2.29. The molecule has 19 heavy (non-hydrogen) atoms. The summed E-state index contributed by atoms with van der Waals surface area (Å²) in [6, 6.07) is 5.68. The van der Waals surface area contributed by atoms with Gasteiger partial charge in [0.2, 0.25) is 0 Å². The Balaban J connectivity index is 2.20. The van der Waals surface area contributed by atoms with Crippen molar-refractivity contribution in [2.75, 3.05) is 27.7 Å². The van der Waals surface area contributed by atoms with Gasteiger partial charge in [-0.05, 0) is 57.5 Å². The van der Waals surface area contributed by atoms with Crippen LogP contribution < -0.4 is 10.1 Å². The van der Waals surface area contributed by atoms with E-state index in [1.807, 2.05) is 0 Å². The van der Waals surface area contributed by atoms with E-state index >= 15 is 0 Å². The Labute approximate surface area is 116 Å². The SMILES string of the molecule is COc1c(C)cc(C(CNC2CC2)N(C)C)cc1C. The molecule has 1 aliphatic rings. The molecule has 0 heterocycles. The van der Waals surface area contributed by atoms with Crippen molar-refractivity contribution in [3.05, 3.63) is 28.8 Å². The second-order valence-corrected chi connectivity index (χ2v) is 5.85. The van der Waals surface area contributed by atoms with Gasteiger partial charge in [-0.25, -0.2) is 0 Å². The zero-order valence-corrected chi connectivity index (χ0v) is 12.8. The first-order valence-electron chi connectivity index (χ1n) is 7.08. The number of nitrogens with zero attached hydrogens (tertiary/aromatic N) is 1. The fourth-order valence-corrected chi connectivity index (χ4v) is 2.66. The highest BCUT2D eigenvalue weighted by atomic mass is 16.5. The van der Waals surface area contributed by atoms with Gasteiger partial charge in [-0.1, -0.05) is 12.1 Å². The summed E-state index contributed by atoms with van der Waals surface area (Å²) in [6.07, 6.45) is 2.67. The summed E-state index contributed by atoms with van der Waals surface area (Å²) in [7, 11) is 6.04. The molecule has 1 fully saturated rings. The van der Waals surface area contributed by atoms with E-state index in [0.717, 1.165) is 18.3 Å². The van der Waals surface area contributed by atoms with Crippen LogP contribution in [0, 0.1) is 13.8 Å².